The summed E-state index contributed by atoms with van der Waals surface area (Å²) in [6.45, 7) is 3.43. The number of likely N-dealkylation sites (tertiary alicyclic amines) is 1. The quantitative estimate of drug-likeness (QED) is 0.570. The van der Waals surface area contributed by atoms with E-state index >= 15 is 0 Å². The van der Waals surface area contributed by atoms with Crippen LogP contribution in [0.1, 0.15) is 24.8 Å². The molecule has 2 aromatic rings. The summed E-state index contributed by atoms with van der Waals surface area (Å²) in [4.78, 5) is 29.6. The number of carbonyl (C=O) groups is 2. The topological polar surface area (TPSA) is 84.9 Å². The fraction of sp³-hybridized carbons (Fsp3) is 0.364. The second kappa shape index (κ2) is 9.04. The summed E-state index contributed by atoms with van der Waals surface area (Å²) in [6, 6.07) is 10.5. The molecule has 2 aliphatic rings. The van der Waals surface area contributed by atoms with Gasteiger partial charge in [-0.15, -0.1) is 0 Å². The Morgan fingerprint density at radius 2 is 1.87 bits per heavy atom. The molecule has 2 aliphatic heterocycles. The van der Waals surface area contributed by atoms with E-state index in [4.69, 9.17) is 23.2 Å². The fourth-order valence-electron chi connectivity index (χ4n) is 4.12. The standard InChI is InChI=1S/C22H24Cl2N4O3/c23-17-9-8-15(14-18(17)24)28-21(30)26-19-7-2-1-6-16(19)22(28,31)20(29)25-10-5-13-27-11-3-4-12-27/h1-2,6-9,14,31H,3-5,10-13H2,(H,25,29)(H,26,30)/t22-/m1/s1. The molecule has 31 heavy (non-hydrogen) atoms. The van der Waals surface area contributed by atoms with Gasteiger partial charge in [-0.1, -0.05) is 41.4 Å². The lowest BCUT2D eigenvalue weighted by atomic mass is 9.94. The summed E-state index contributed by atoms with van der Waals surface area (Å²) in [5.74, 6) is -0.678. The third-order valence-corrected chi connectivity index (χ3v) is 6.42. The van der Waals surface area contributed by atoms with Gasteiger partial charge in [-0.05, 0) is 63.2 Å². The van der Waals surface area contributed by atoms with Crippen LogP contribution in [-0.4, -0.2) is 48.1 Å². The number of aliphatic hydroxyl groups is 1. The van der Waals surface area contributed by atoms with E-state index < -0.39 is 17.7 Å². The number of benzene rings is 2. The smallest absolute Gasteiger partial charge is 0.329 e. The minimum Gasteiger partial charge on any atom is -0.359 e. The van der Waals surface area contributed by atoms with Gasteiger partial charge in [0.1, 0.15) is 0 Å². The van der Waals surface area contributed by atoms with Gasteiger partial charge in [-0.25, -0.2) is 4.79 Å². The van der Waals surface area contributed by atoms with Crippen LogP contribution in [-0.2, 0) is 10.5 Å². The largest absolute Gasteiger partial charge is 0.359 e. The number of rotatable bonds is 6. The number of anilines is 2. The Labute approximate surface area is 190 Å². The van der Waals surface area contributed by atoms with E-state index in [0.717, 1.165) is 31.0 Å². The zero-order valence-corrected chi connectivity index (χ0v) is 18.4. The molecule has 0 saturated carbocycles. The number of nitrogens with one attached hydrogen (secondary N) is 2. The second-order valence-electron chi connectivity index (χ2n) is 7.74. The van der Waals surface area contributed by atoms with Gasteiger partial charge < -0.3 is 20.6 Å². The highest BCUT2D eigenvalue weighted by Crippen LogP contribution is 2.41. The number of halogens is 2. The average molecular weight is 463 g/mol. The van der Waals surface area contributed by atoms with Crippen molar-refractivity contribution in [2.45, 2.75) is 25.0 Å². The molecule has 3 N–H and O–H groups in total. The molecule has 0 unspecified atom stereocenters. The number of hydrogen-bond donors (Lipinski definition) is 3. The van der Waals surface area contributed by atoms with Crippen molar-refractivity contribution in [3.05, 3.63) is 58.1 Å². The molecule has 0 aliphatic carbocycles. The molecule has 3 amide bonds. The summed E-state index contributed by atoms with van der Waals surface area (Å²) in [5, 5.41) is 17.8. The maximum atomic E-state index is 13.3. The number of para-hydroxylation sites is 1. The molecule has 2 aromatic carbocycles. The minimum absolute atomic E-state index is 0.208. The predicted molar refractivity (Wildman–Crippen MR) is 122 cm³/mol. The summed E-state index contributed by atoms with van der Waals surface area (Å²) < 4.78 is 0. The van der Waals surface area contributed by atoms with Crippen molar-refractivity contribution in [2.24, 2.45) is 0 Å². The molecule has 1 atom stereocenters. The van der Waals surface area contributed by atoms with Crippen LogP contribution in [0, 0.1) is 0 Å². The molecule has 0 aromatic heterocycles. The maximum absolute atomic E-state index is 13.3. The highest BCUT2D eigenvalue weighted by molar-refractivity contribution is 6.42. The van der Waals surface area contributed by atoms with E-state index in [2.05, 4.69) is 15.5 Å². The van der Waals surface area contributed by atoms with Crippen molar-refractivity contribution in [1.82, 2.24) is 10.2 Å². The van der Waals surface area contributed by atoms with Crippen LogP contribution in [0.25, 0.3) is 0 Å². The van der Waals surface area contributed by atoms with Crippen molar-refractivity contribution >= 4 is 46.5 Å². The van der Waals surface area contributed by atoms with E-state index in [-0.39, 0.29) is 16.3 Å². The zero-order chi connectivity index (χ0) is 22.0. The van der Waals surface area contributed by atoms with E-state index in [1.54, 1.807) is 24.3 Å². The predicted octanol–water partition coefficient (Wildman–Crippen LogP) is 3.79. The highest BCUT2D eigenvalue weighted by atomic mass is 35.5. The van der Waals surface area contributed by atoms with Gasteiger partial charge >= 0.3 is 6.03 Å². The van der Waals surface area contributed by atoms with Crippen molar-refractivity contribution in [3.63, 3.8) is 0 Å². The number of urea groups is 1. The Balaban J connectivity index is 1.62. The first kappa shape index (κ1) is 21.9. The molecule has 164 valence electrons. The van der Waals surface area contributed by atoms with Crippen LogP contribution < -0.4 is 15.5 Å². The highest BCUT2D eigenvalue weighted by Gasteiger charge is 2.51. The SMILES string of the molecule is O=C1Nc2ccccc2[C@@](O)(C(=O)NCCCN2CCCC2)N1c1ccc(Cl)c(Cl)c1. The minimum atomic E-state index is -2.25. The molecule has 7 nitrogen and oxygen atoms in total. The first-order valence-electron chi connectivity index (χ1n) is 10.3. The molecular weight excluding hydrogens is 439 g/mol. The molecule has 0 spiro atoms. The van der Waals surface area contributed by atoms with Gasteiger partial charge in [0.05, 0.1) is 21.4 Å². The average Bonchev–Trinajstić information content (AvgIpc) is 3.27. The molecule has 4 rings (SSSR count). The van der Waals surface area contributed by atoms with Gasteiger partial charge in [-0.2, -0.15) is 0 Å². The first-order chi connectivity index (χ1) is 14.9. The van der Waals surface area contributed by atoms with E-state index in [1.165, 1.54) is 31.0 Å². The number of amides is 3. The van der Waals surface area contributed by atoms with Crippen LogP contribution in [0.2, 0.25) is 10.0 Å². The second-order valence-corrected chi connectivity index (χ2v) is 8.55. The van der Waals surface area contributed by atoms with Gasteiger partial charge in [0, 0.05) is 12.1 Å². The lowest BCUT2D eigenvalue weighted by Gasteiger charge is -2.42. The Morgan fingerprint density at radius 1 is 1.13 bits per heavy atom. The van der Waals surface area contributed by atoms with Crippen LogP contribution in [0.5, 0.6) is 0 Å². The van der Waals surface area contributed by atoms with Gasteiger partial charge in [0.25, 0.3) is 11.6 Å². The molecule has 2 heterocycles. The number of hydrogen-bond acceptors (Lipinski definition) is 4. The molecule has 1 saturated heterocycles. The van der Waals surface area contributed by atoms with Crippen molar-refractivity contribution in [3.8, 4) is 0 Å². The molecular formula is C22H24Cl2N4O3. The Morgan fingerprint density at radius 3 is 2.61 bits per heavy atom. The van der Waals surface area contributed by atoms with E-state index in [0.29, 0.717) is 17.3 Å². The Kier molecular flexibility index (Phi) is 6.39. The van der Waals surface area contributed by atoms with Crippen molar-refractivity contribution in [2.75, 3.05) is 36.4 Å². The van der Waals surface area contributed by atoms with Crippen LogP contribution in [0.15, 0.2) is 42.5 Å². The van der Waals surface area contributed by atoms with Gasteiger partial charge in [0.2, 0.25) is 0 Å². The summed E-state index contributed by atoms with van der Waals surface area (Å²) in [7, 11) is 0. The molecule has 0 radical (unpaired) electrons. The monoisotopic (exact) mass is 462 g/mol. The summed E-state index contributed by atoms with van der Waals surface area (Å²) in [6.07, 6.45) is 3.16. The molecule has 9 heteroatoms. The van der Waals surface area contributed by atoms with Gasteiger partial charge in [-0.3, -0.25) is 9.69 Å². The zero-order valence-electron chi connectivity index (χ0n) is 16.9. The van der Waals surface area contributed by atoms with Crippen LogP contribution in [0.3, 0.4) is 0 Å². The van der Waals surface area contributed by atoms with Crippen molar-refractivity contribution < 1.29 is 14.7 Å². The lowest BCUT2D eigenvalue weighted by Crippen LogP contribution is -2.62. The summed E-state index contributed by atoms with van der Waals surface area (Å²) >= 11 is 12.2. The fourth-order valence-corrected chi connectivity index (χ4v) is 4.41. The lowest BCUT2D eigenvalue weighted by molar-refractivity contribution is -0.140. The first-order valence-corrected chi connectivity index (χ1v) is 11.1. The number of nitrogens with zero attached hydrogens (tertiary/aromatic N) is 2. The molecule has 1 fully saturated rings. The van der Waals surface area contributed by atoms with Crippen LogP contribution >= 0.6 is 23.2 Å². The number of carbonyl (C=O) groups excluding carboxylic acids is 2. The normalized spacial score (nSPS) is 21.0. The van der Waals surface area contributed by atoms with Crippen LogP contribution in [0.4, 0.5) is 16.2 Å². The molecule has 0 bridgehead atoms. The maximum Gasteiger partial charge on any atom is 0.329 e. The van der Waals surface area contributed by atoms with E-state index in [1.807, 2.05) is 0 Å². The van der Waals surface area contributed by atoms with E-state index in [9.17, 15) is 14.7 Å². The Hall–Kier alpha value is -2.32. The van der Waals surface area contributed by atoms with Crippen molar-refractivity contribution in [1.29, 1.82) is 0 Å². The third-order valence-electron chi connectivity index (χ3n) is 5.68. The van der Waals surface area contributed by atoms with Gasteiger partial charge in [0.15, 0.2) is 0 Å². The summed E-state index contributed by atoms with van der Waals surface area (Å²) in [5.41, 5.74) is -1.35. The third kappa shape index (κ3) is 4.23. The Bertz CT molecular complexity index is 996. The number of fused-ring (bicyclic) bond motifs is 1.